The van der Waals surface area contributed by atoms with Gasteiger partial charge in [0.15, 0.2) is 0 Å². The number of sulfonamides is 1. The molecular formula is C20H26N2O3S. The number of hydrogen-bond donors (Lipinski definition) is 0. The summed E-state index contributed by atoms with van der Waals surface area (Å²) in [6, 6.07) is 7.35. The van der Waals surface area contributed by atoms with Crippen LogP contribution in [0, 0.1) is 0 Å². The highest BCUT2D eigenvalue weighted by molar-refractivity contribution is 7.89. The smallest absolute Gasteiger partial charge is 0.243 e. The van der Waals surface area contributed by atoms with Crippen LogP contribution in [0.3, 0.4) is 0 Å². The second kappa shape index (κ2) is 6.82. The summed E-state index contributed by atoms with van der Waals surface area (Å²) in [6.45, 7) is 4.62. The minimum absolute atomic E-state index is 0.229. The first-order valence-electron chi connectivity index (χ1n) is 9.57. The van der Waals surface area contributed by atoms with Gasteiger partial charge in [0.2, 0.25) is 10.0 Å². The number of fused-ring (bicyclic) bond motifs is 1. The Bertz CT molecular complexity index is 902. The summed E-state index contributed by atoms with van der Waals surface area (Å²) in [5.41, 5.74) is 3.22. The van der Waals surface area contributed by atoms with Gasteiger partial charge in [0.05, 0.1) is 10.9 Å². The summed E-state index contributed by atoms with van der Waals surface area (Å²) in [6.07, 6.45) is 5.99. The summed E-state index contributed by atoms with van der Waals surface area (Å²) >= 11 is 0. The molecule has 1 fully saturated rings. The van der Waals surface area contributed by atoms with E-state index in [1.165, 1.54) is 17.5 Å². The zero-order chi connectivity index (χ0) is 18.3. The lowest BCUT2D eigenvalue weighted by Crippen LogP contribution is -2.31. The zero-order valence-electron chi connectivity index (χ0n) is 15.4. The van der Waals surface area contributed by atoms with Gasteiger partial charge in [-0.2, -0.15) is 4.31 Å². The van der Waals surface area contributed by atoms with E-state index < -0.39 is 10.0 Å². The molecule has 6 heteroatoms. The van der Waals surface area contributed by atoms with Gasteiger partial charge in [0.1, 0.15) is 11.5 Å². The standard InChI is InChI=1S/C20H26N2O3S/c1-14(2)20-13-18(21-25-20)19-8-5-11-22(19)26(23,24)17-10-9-15-6-3-4-7-16(15)12-17/h9-10,12-14,19H,3-8,11H2,1-2H3. The SMILES string of the molecule is CC(C)c1cc(C2CCCN2S(=O)(=O)c2ccc3c(c2)CCCC3)no1. The Morgan fingerprint density at radius 1 is 1.12 bits per heavy atom. The molecule has 0 N–H and O–H groups in total. The summed E-state index contributed by atoms with van der Waals surface area (Å²) in [5, 5.41) is 4.17. The van der Waals surface area contributed by atoms with Crippen molar-refractivity contribution in [2.75, 3.05) is 6.54 Å². The van der Waals surface area contributed by atoms with Crippen molar-refractivity contribution in [3.05, 3.63) is 46.8 Å². The van der Waals surface area contributed by atoms with Gasteiger partial charge < -0.3 is 4.52 Å². The summed E-state index contributed by atoms with van der Waals surface area (Å²) in [4.78, 5) is 0.414. The maximum absolute atomic E-state index is 13.3. The lowest BCUT2D eigenvalue weighted by Gasteiger charge is -2.24. The number of nitrogens with zero attached hydrogens (tertiary/aromatic N) is 2. The molecule has 2 aromatic rings. The second-order valence-electron chi connectivity index (χ2n) is 7.72. The third kappa shape index (κ3) is 3.09. The molecule has 1 atom stereocenters. The molecular weight excluding hydrogens is 348 g/mol. The molecule has 5 nitrogen and oxygen atoms in total. The molecule has 1 aliphatic carbocycles. The van der Waals surface area contributed by atoms with E-state index in [1.807, 2.05) is 32.0 Å². The number of aromatic nitrogens is 1. The van der Waals surface area contributed by atoms with Crippen molar-refractivity contribution < 1.29 is 12.9 Å². The van der Waals surface area contributed by atoms with Gasteiger partial charge in [-0.3, -0.25) is 0 Å². The predicted octanol–water partition coefficient (Wildman–Crippen LogP) is 4.20. The molecule has 0 amide bonds. The third-order valence-electron chi connectivity index (χ3n) is 5.59. The van der Waals surface area contributed by atoms with E-state index in [0.29, 0.717) is 11.4 Å². The van der Waals surface area contributed by atoms with Crippen LogP contribution in [0.25, 0.3) is 0 Å². The topological polar surface area (TPSA) is 63.4 Å². The molecule has 1 aliphatic heterocycles. The highest BCUT2D eigenvalue weighted by atomic mass is 32.2. The van der Waals surface area contributed by atoms with E-state index >= 15 is 0 Å². The Labute approximate surface area is 155 Å². The first-order chi connectivity index (χ1) is 12.5. The van der Waals surface area contributed by atoms with Crippen LogP contribution in [0.5, 0.6) is 0 Å². The fraction of sp³-hybridized carbons (Fsp3) is 0.550. The van der Waals surface area contributed by atoms with Crippen LogP contribution in [-0.2, 0) is 22.9 Å². The molecule has 2 heterocycles. The van der Waals surface area contributed by atoms with E-state index in [4.69, 9.17) is 4.52 Å². The molecule has 26 heavy (non-hydrogen) atoms. The van der Waals surface area contributed by atoms with E-state index in [9.17, 15) is 8.42 Å². The lowest BCUT2D eigenvalue weighted by molar-refractivity contribution is 0.338. The number of hydrogen-bond acceptors (Lipinski definition) is 4. The van der Waals surface area contributed by atoms with E-state index in [1.54, 1.807) is 10.4 Å². The molecule has 2 aliphatic rings. The Kier molecular flexibility index (Phi) is 4.65. The Morgan fingerprint density at radius 2 is 1.88 bits per heavy atom. The number of rotatable bonds is 4. The van der Waals surface area contributed by atoms with Crippen LogP contribution in [0.1, 0.15) is 74.1 Å². The Balaban J connectivity index is 1.65. The fourth-order valence-electron chi connectivity index (χ4n) is 4.06. The highest BCUT2D eigenvalue weighted by Gasteiger charge is 2.38. The Hall–Kier alpha value is -1.66. The van der Waals surface area contributed by atoms with Gasteiger partial charge >= 0.3 is 0 Å². The monoisotopic (exact) mass is 374 g/mol. The van der Waals surface area contributed by atoms with Crippen molar-refractivity contribution in [2.45, 2.75) is 69.2 Å². The molecule has 0 spiro atoms. The molecule has 0 saturated carbocycles. The van der Waals surface area contributed by atoms with Gasteiger partial charge in [-0.05, 0) is 61.8 Å². The lowest BCUT2D eigenvalue weighted by atomic mass is 9.92. The molecule has 1 unspecified atom stereocenters. The fourth-order valence-corrected chi connectivity index (χ4v) is 5.78. The summed E-state index contributed by atoms with van der Waals surface area (Å²) < 4.78 is 33.6. The van der Waals surface area contributed by atoms with Crippen LogP contribution in [0.15, 0.2) is 33.7 Å². The van der Waals surface area contributed by atoms with Crippen LogP contribution in [-0.4, -0.2) is 24.4 Å². The van der Waals surface area contributed by atoms with Crippen molar-refractivity contribution in [1.82, 2.24) is 9.46 Å². The average molecular weight is 375 g/mol. The van der Waals surface area contributed by atoms with E-state index in [-0.39, 0.29) is 12.0 Å². The normalized spacial score (nSPS) is 21.3. The van der Waals surface area contributed by atoms with Gasteiger partial charge in [0, 0.05) is 18.5 Å². The molecule has 1 saturated heterocycles. The van der Waals surface area contributed by atoms with Crippen molar-refractivity contribution in [3.63, 3.8) is 0 Å². The summed E-state index contributed by atoms with van der Waals surface area (Å²) in [5.74, 6) is 1.04. The quantitative estimate of drug-likeness (QED) is 0.804. The summed E-state index contributed by atoms with van der Waals surface area (Å²) in [7, 11) is -3.53. The van der Waals surface area contributed by atoms with Crippen LogP contribution in [0.4, 0.5) is 0 Å². The third-order valence-corrected chi connectivity index (χ3v) is 7.49. The molecule has 0 bridgehead atoms. The minimum Gasteiger partial charge on any atom is -0.361 e. The van der Waals surface area contributed by atoms with E-state index in [2.05, 4.69) is 5.16 Å². The average Bonchev–Trinajstić information content (AvgIpc) is 3.30. The number of benzene rings is 1. The minimum atomic E-state index is -3.53. The first kappa shape index (κ1) is 17.7. The van der Waals surface area contributed by atoms with E-state index in [0.717, 1.165) is 43.6 Å². The van der Waals surface area contributed by atoms with Crippen molar-refractivity contribution in [3.8, 4) is 0 Å². The number of aryl methyl sites for hydroxylation is 2. The van der Waals surface area contributed by atoms with Gasteiger partial charge in [0.25, 0.3) is 0 Å². The molecule has 140 valence electrons. The predicted molar refractivity (Wildman–Crippen MR) is 99.5 cm³/mol. The molecule has 4 rings (SSSR count). The van der Waals surface area contributed by atoms with Crippen molar-refractivity contribution >= 4 is 10.0 Å². The van der Waals surface area contributed by atoms with Gasteiger partial charge in [-0.1, -0.05) is 25.1 Å². The van der Waals surface area contributed by atoms with Crippen molar-refractivity contribution in [2.24, 2.45) is 0 Å². The van der Waals surface area contributed by atoms with Crippen LogP contribution in [0.2, 0.25) is 0 Å². The van der Waals surface area contributed by atoms with Crippen LogP contribution >= 0.6 is 0 Å². The molecule has 1 aromatic heterocycles. The first-order valence-corrected chi connectivity index (χ1v) is 11.0. The van der Waals surface area contributed by atoms with Crippen molar-refractivity contribution in [1.29, 1.82) is 0 Å². The largest absolute Gasteiger partial charge is 0.361 e. The second-order valence-corrected chi connectivity index (χ2v) is 9.61. The maximum Gasteiger partial charge on any atom is 0.243 e. The highest BCUT2D eigenvalue weighted by Crippen LogP contribution is 2.37. The maximum atomic E-state index is 13.3. The van der Waals surface area contributed by atoms with Gasteiger partial charge in [-0.25, -0.2) is 8.42 Å². The molecule has 0 radical (unpaired) electrons. The Morgan fingerprint density at radius 3 is 2.62 bits per heavy atom. The van der Waals surface area contributed by atoms with Crippen LogP contribution < -0.4 is 0 Å². The van der Waals surface area contributed by atoms with Gasteiger partial charge in [-0.15, -0.1) is 0 Å². The zero-order valence-corrected chi connectivity index (χ0v) is 16.3. The molecule has 1 aromatic carbocycles.